The van der Waals surface area contributed by atoms with Crippen molar-refractivity contribution in [3.8, 4) is 0 Å². The fourth-order valence-corrected chi connectivity index (χ4v) is 4.23. The van der Waals surface area contributed by atoms with Gasteiger partial charge in [0.15, 0.2) is 0 Å². The summed E-state index contributed by atoms with van der Waals surface area (Å²) >= 11 is 0. The number of nitrogens with zero attached hydrogens (tertiary/aromatic N) is 2. The molecule has 1 atom stereocenters. The van der Waals surface area contributed by atoms with Crippen molar-refractivity contribution in [2.45, 2.75) is 44.0 Å². The largest absolute Gasteiger partial charge is 0.273 e. The van der Waals surface area contributed by atoms with Crippen molar-refractivity contribution in [1.29, 1.82) is 0 Å². The second-order valence-electron chi connectivity index (χ2n) is 5.17. The highest BCUT2D eigenvalue weighted by molar-refractivity contribution is 7.89. The number of nitro groups is 1. The number of benzene rings is 1. The maximum absolute atomic E-state index is 12.6. The molecule has 2 rings (SSSR count). The number of hydrogen-bond acceptors (Lipinski definition) is 4. The Bertz CT molecular complexity index is 627. The van der Waals surface area contributed by atoms with Crippen LogP contribution in [0.1, 0.15) is 31.7 Å². The molecule has 0 amide bonds. The normalized spacial score (nSPS) is 20.8. The number of rotatable bonds is 3. The molecule has 1 aromatic rings. The predicted octanol–water partition coefficient (Wildman–Crippen LogP) is 2.47. The summed E-state index contributed by atoms with van der Waals surface area (Å²) in [6.07, 6.45) is 2.67. The summed E-state index contributed by atoms with van der Waals surface area (Å²) in [7, 11) is -3.66. The van der Waals surface area contributed by atoms with Gasteiger partial charge >= 0.3 is 0 Å². The first-order chi connectivity index (χ1) is 9.34. The molecule has 1 aliphatic rings. The van der Waals surface area contributed by atoms with Gasteiger partial charge in [-0.15, -0.1) is 0 Å². The lowest BCUT2D eigenvalue weighted by Gasteiger charge is -2.32. The molecule has 0 bridgehead atoms. The molecule has 1 heterocycles. The molecule has 1 aromatic carbocycles. The number of hydrogen-bond donors (Lipinski definition) is 0. The van der Waals surface area contributed by atoms with E-state index in [0.29, 0.717) is 12.1 Å². The first kappa shape index (κ1) is 14.9. The van der Waals surface area contributed by atoms with Crippen LogP contribution >= 0.6 is 0 Å². The first-order valence-corrected chi connectivity index (χ1v) is 8.05. The standard InChI is InChI=1S/C13H18N2O4S/c1-10-6-7-12(9-13(10)15(16)17)20(18,19)14-8-4-3-5-11(14)2/h6-7,9,11H,3-5,8H2,1-2H3/t11-/m0/s1. The third-order valence-electron chi connectivity index (χ3n) is 3.73. The monoisotopic (exact) mass is 298 g/mol. The van der Waals surface area contributed by atoms with E-state index in [0.717, 1.165) is 25.3 Å². The van der Waals surface area contributed by atoms with E-state index in [1.54, 1.807) is 6.92 Å². The zero-order valence-corrected chi connectivity index (χ0v) is 12.4. The van der Waals surface area contributed by atoms with E-state index in [4.69, 9.17) is 0 Å². The van der Waals surface area contributed by atoms with E-state index in [9.17, 15) is 18.5 Å². The van der Waals surface area contributed by atoms with Crippen molar-refractivity contribution >= 4 is 15.7 Å². The van der Waals surface area contributed by atoms with Crippen LogP contribution in [-0.2, 0) is 10.0 Å². The van der Waals surface area contributed by atoms with E-state index in [2.05, 4.69) is 0 Å². The zero-order valence-electron chi connectivity index (χ0n) is 11.6. The summed E-state index contributed by atoms with van der Waals surface area (Å²) in [6, 6.07) is 4.03. The van der Waals surface area contributed by atoms with Gasteiger partial charge in [-0.25, -0.2) is 8.42 Å². The van der Waals surface area contributed by atoms with Gasteiger partial charge in [-0.1, -0.05) is 12.5 Å². The summed E-state index contributed by atoms with van der Waals surface area (Å²) in [6.45, 7) is 3.95. The third-order valence-corrected chi connectivity index (χ3v) is 5.74. The molecule has 110 valence electrons. The minimum absolute atomic E-state index is 0.00329. The van der Waals surface area contributed by atoms with Crippen LogP contribution in [0.2, 0.25) is 0 Å². The maximum Gasteiger partial charge on any atom is 0.273 e. The highest BCUT2D eigenvalue weighted by atomic mass is 32.2. The van der Waals surface area contributed by atoms with Crippen LogP contribution in [0.25, 0.3) is 0 Å². The van der Waals surface area contributed by atoms with E-state index in [-0.39, 0.29) is 16.6 Å². The van der Waals surface area contributed by atoms with Crippen molar-refractivity contribution in [1.82, 2.24) is 4.31 Å². The van der Waals surface area contributed by atoms with Gasteiger partial charge in [0, 0.05) is 24.2 Å². The molecule has 0 aromatic heterocycles. The summed E-state index contributed by atoms with van der Waals surface area (Å²) in [5.41, 5.74) is 0.302. The SMILES string of the molecule is Cc1ccc(S(=O)(=O)N2CCCC[C@@H]2C)cc1[N+](=O)[O-]. The van der Waals surface area contributed by atoms with Crippen molar-refractivity contribution in [2.24, 2.45) is 0 Å². The number of aryl methyl sites for hydroxylation is 1. The van der Waals surface area contributed by atoms with Crippen LogP contribution in [-0.4, -0.2) is 30.2 Å². The molecule has 1 saturated heterocycles. The second-order valence-corrected chi connectivity index (χ2v) is 7.06. The van der Waals surface area contributed by atoms with Crippen LogP contribution in [0, 0.1) is 17.0 Å². The Labute approximate surface area is 118 Å². The maximum atomic E-state index is 12.6. The molecule has 20 heavy (non-hydrogen) atoms. The molecule has 1 aliphatic heterocycles. The molecule has 0 unspecified atom stereocenters. The third kappa shape index (κ3) is 2.69. The van der Waals surface area contributed by atoms with Gasteiger partial charge in [0.2, 0.25) is 10.0 Å². The quantitative estimate of drug-likeness (QED) is 0.634. The Balaban J connectivity index is 2.44. The average molecular weight is 298 g/mol. The lowest BCUT2D eigenvalue weighted by molar-refractivity contribution is -0.385. The van der Waals surface area contributed by atoms with Crippen LogP contribution < -0.4 is 0 Å². The van der Waals surface area contributed by atoms with Crippen molar-refractivity contribution in [2.75, 3.05) is 6.54 Å². The van der Waals surface area contributed by atoms with E-state index in [1.165, 1.54) is 16.4 Å². The van der Waals surface area contributed by atoms with E-state index in [1.807, 2.05) is 6.92 Å². The molecule has 0 spiro atoms. The van der Waals surface area contributed by atoms with Crippen LogP contribution in [0.5, 0.6) is 0 Å². The minimum atomic E-state index is -3.66. The Morgan fingerprint density at radius 3 is 2.65 bits per heavy atom. The number of sulfonamides is 1. The molecule has 7 heteroatoms. The number of piperidine rings is 1. The smallest absolute Gasteiger partial charge is 0.258 e. The average Bonchev–Trinajstić information content (AvgIpc) is 2.38. The van der Waals surface area contributed by atoms with Crippen LogP contribution in [0.3, 0.4) is 0 Å². The summed E-state index contributed by atoms with van der Waals surface area (Å²) < 4.78 is 26.6. The molecular formula is C13H18N2O4S. The van der Waals surface area contributed by atoms with Gasteiger partial charge in [-0.2, -0.15) is 4.31 Å². The van der Waals surface area contributed by atoms with Crippen LogP contribution in [0.15, 0.2) is 23.1 Å². The fourth-order valence-electron chi connectivity index (χ4n) is 2.51. The molecule has 0 N–H and O–H groups in total. The first-order valence-electron chi connectivity index (χ1n) is 6.61. The topological polar surface area (TPSA) is 80.5 Å². The van der Waals surface area contributed by atoms with Gasteiger partial charge in [0.1, 0.15) is 0 Å². The van der Waals surface area contributed by atoms with Crippen LogP contribution in [0.4, 0.5) is 5.69 Å². The lowest BCUT2D eigenvalue weighted by Crippen LogP contribution is -2.41. The highest BCUT2D eigenvalue weighted by Crippen LogP contribution is 2.28. The van der Waals surface area contributed by atoms with E-state index >= 15 is 0 Å². The molecule has 6 nitrogen and oxygen atoms in total. The number of nitro benzene ring substituents is 1. The Hall–Kier alpha value is -1.47. The van der Waals surface area contributed by atoms with Gasteiger partial charge in [-0.05, 0) is 32.8 Å². The van der Waals surface area contributed by atoms with E-state index < -0.39 is 14.9 Å². The second kappa shape index (κ2) is 5.49. The molecule has 0 radical (unpaired) electrons. The molecule has 0 saturated carbocycles. The summed E-state index contributed by atoms with van der Waals surface area (Å²) in [5, 5.41) is 10.9. The molecule has 1 fully saturated rings. The predicted molar refractivity (Wildman–Crippen MR) is 75.0 cm³/mol. The van der Waals surface area contributed by atoms with Crippen molar-refractivity contribution < 1.29 is 13.3 Å². The van der Waals surface area contributed by atoms with Crippen molar-refractivity contribution in [3.05, 3.63) is 33.9 Å². The highest BCUT2D eigenvalue weighted by Gasteiger charge is 2.32. The minimum Gasteiger partial charge on any atom is -0.258 e. The Morgan fingerprint density at radius 2 is 2.05 bits per heavy atom. The summed E-state index contributed by atoms with van der Waals surface area (Å²) in [4.78, 5) is 10.4. The van der Waals surface area contributed by atoms with Gasteiger partial charge in [0.25, 0.3) is 5.69 Å². The van der Waals surface area contributed by atoms with Crippen molar-refractivity contribution in [3.63, 3.8) is 0 Å². The fraction of sp³-hybridized carbons (Fsp3) is 0.538. The van der Waals surface area contributed by atoms with Gasteiger partial charge < -0.3 is 0 Å². The Morgan fingerprint density at radius 1 is 1.35 bits per heavy atom. The zero-order chi connectivity index (χ0) is 14.9. The molecular weight excluding hydrogens is 280 g/mol. The Kier molecular flexibility index (Phi) is 4.10. The van der Waals surface area contributed by atoms with Gasteiger partial charge in [-0.3, -0.25) is 10.1 Å². The molecule has 0 aliphatic carbocycles. The lowest BCUT2D eigenvalue weighted by atomic mass is 10.1. The van der Waals surface area contributed by atoms with Gasteiger partial charge in [0.05, 0.1) is 9.82 Å². The summed E-state index contributed by atoms with van der Waals surface area (Å²) in [5.74, 6) is 0.